The first-order valence-electron chi connectivity index (χ1n) is 5.86. The Kier molecular flexibility index (Phi) is 3.38. The molecular weight excluding hydrogens is 212 g/mol. The van der Waals surface area contributed by atoms with Gasteiger partial charge < -0.3 is 4.98 Å². The second-order valence-electron chi connectivity index (χ2n) is 4.20. The van der Waals surface area contributed by atoms with Gasteiger partial charge in [-0.2, -0.15) is 0 Å². The van der Waals surface area contributed by atoms with E-state index in [1.165, 1.54) is 5.56 Å². The highest BCUT2D eigenvalue weighted by Gasteiger charge is 2.03. The molecule has 1 aromatic heterocycles. The van der Waals surface area contributed by atoms with E-state index in [2.05, 4.69) is 16.9 Å². The van der Waals surface area contributed by atoms with Crippen molar-refractivity contribution in [3.63, 3.8) is 0 Å². The van der Waals surface area contributed by atoms with Gasteiger partial charge in [-0.05, 0) is 13.3 Å². The van der Waals surface area contributed by atoms with Crippen molar-refractivity contribution in [3.05, 3.63) is 51.9 Å². The van der Waals surface area contributed by atoms with E-state index in [1.54, 1.807) is 6.07 Å². The van der Waals surface area contributed by atoms with Gasteiger partial charge in [-0.1, -0.05) is 43.2 Å². The van der Waals surface area contributed by atoms with Gasteiger partial charge in [0.1, 0.15) is 5.82 Å². The van der Waals surface area contributed by atoms with Crippen molar-refractivity contribution in [2.45, 2.75) is 26.7 Å². The number of H-pyrrole nitrogens is 1. The van der Waals surface area contributed by atoms with E-state index in [9.17, 15) is 4.79 Å². The van der Waals surface area contributed by atoms with Crippen molar-refractivity contribution in [1.82, 2.24) is 9.97 Å². The highest BCUT2D eigenvalue weighted by Crippen LogP contribution is 2.14. The average Bonchev–Trinajstić information content (AvgIpc) is 2.29. The molecule has 0 aliphatic heterocycles. The van der Waals surface area contributed by atoms with Crippen LogP contribution in [0.5, 0.6) is 0 Å². The van der Waals surface area contributed by atoms with Gasteiger partial charge in [0.15, 0.2) is 0 Å². The summed E-state index contributed by atoms with van der Waals surface area (Å²) in [6.45, 7) is 4.11. The second-order valence-corrected chi connectivity index (χ2v) is 4.20. The van der Waals surface area contributed by atoms with E-state index in [1.807, 2.05) is 31.2 Å². The van der Waals surface area contributed by atoms with Gasteiger partial charge >= 0.3 is 0 Å². The van der Waals surface area contributed by atoms with Crippen LogP contribution in [0, 0.1) is 6.92 Å². The number of rotatable bonds is 3. The van der Waals surface area contributed by atoms with Gasteiger partial charge in [-0.25, -0.2) is 4.98 Å². The minimum Gasteiger partial charge on any atom is -0.307 e. The van der Waals surface area contributed by atoms with Gasteiger partial charge in [0.05, 0.1) is 0 Å². The summed E-state index contributed by atoms with van der Waals surface area (Å²) in [5.74, 6) is 0.654. The molecule has 0 saturated heterocycles. The molecule has 2 rings (SSSR count). The standard InChI is InChI=1S/C14H16N2O/c1-3-4-12-9-13(17)16-14(15-12)11-7-5-10(2)6-8-11/h5-9H,3-4H2,1-2H3,(H,15,16,17). The van der Waals surface area contributed by atoms with Crippen molar-refractivity contribution in [1.29, 1.82) is 0 Å². The first-order valence-corrected chi connectivity index (χ1v) is 5.86. The third kappa shape index (κ3) is 2.81. The Labute approximate surface area is 101 Å². The zero-order valence-corrected chi connectivity index (χ0v) is 10.2. The van der Waals surface area contributed by atoms with Crippen molar-refractivity contribution in [2.75, 3.05) is 0 Å². The Balaban J connectivity index is 2.44. The number of aromatic amines is 1. The number of hydrogen-bond acceptors (Lipinski definition) is 2. The third-order valence-corrected chi connectivity index (χ3v) is 2.63. The molecule has 1 aromatic carbocycles. The Morgan fingerprint density at radius 1 is 1.24 bits per heavy atom. The monoisotopic (exact) mass is 228 g/mol. The van der Waals surface area contributed by atoms with Gasteiger partial charge in [-0.15, -0.1) is 0 Å². The minimum absolute atomic E-state index is 0.0842. The van der Waals surface area contributed by atoms with E-state index in [0.717, 1.165) is 24.1 Å². The maximum absolute atomic E-state index is 11.5. The van der Waals surface area contributed by atoms with Gasteiger partial charge in [0.25, 0.3) is 5.56 Å². The molecule has 0 fully saturated rings. The lowest BCUT2D eigenvalue weighted by atomic mass is 10.1. The van der Waals surface area contributed by atoms with Crippen LogP contribution in [-0.4, -0.2) is 9.97 Å². The lowest BCUT2D eigenvalue weighted by Crippen LogP contribution is -2.10. The highest BCUT2D eigenvalue weighted by molar-refractivity contribution is 5.55. The van der Waals surface area contributed by atoms with Crippen molar-refractivity contribution < 1.29 is 0 Å². The Morgan fingerprint density at radius 3 is 2.59 bits per heavy atom. The molecule has 2 aromatic rings. The van der Waals surface area contributed by atoms with Crippen LogP contribution in [-0.2, 0) is 6.42 Å². The molecule has 3 heteroatoms. The molecule has 3 nitrogen and oxygen atoms in total. The molecule has 0 aliphatic rings. The fourth-order valence-corrected chi connectivity index (χ4v) is 1.74. The van der Waals surface area contributed by atoms with E-state index in [0.29, 0.717) is 5.82 Å². The van der Waals surface area contributed by atoms with Crippen LogP contribution in [0.3, 0.4) is 0 Å². The summed E-state index contributed by atoms with van der Waals surface area (Å²) in [5, 5.41) is 0. The third-order valence-electron chi connectivity index (χ3n) is 2.63. The maximum atomic E-state index is 11.5. The van der Waals surface area contributed by atoms with Crippen LogP contribution in [0.25, 0.3) is 11.4 Å². The molecule has 0 amide bonds. The van der Waals surface area contributed by atoms with E-state index in [-0.39, 0.29) is 5.56 Å². The molecule has 88 valence electrons. The first kappa shape index (κ1) is 11.6. The summed E-state index contributed by atoms with van der Waals surface area (Å²) in [5.41, 5.74) is 2.91. The number of benzene rings is 1. The molecule has 0 aliphatic carbocycles. The molecule has 1 N–H and O–H groups in total. The molecule has 0 radical (unpaired) electrons. The number of hydrogen-bond donors (Lipinski definition) is 1. The lowest BCUT2D eigenvalue weighted by molar-refractivity contribution is 0.870. The summed E-state index contributed by atoms with van der Waals surface area (Å²) in [6, 6.07) is 9.55. The lowest BCUT2D eigenvalue weighted by Gasteiger charge is -2.04. The van der Waals surface area contributed by atoms with Crippen LogP contribution in [0.15, 0.2) is 35.1 Å². The van der Waals surface area contributed by atoms with Crippen molar-refractivity contribution in [2.24, 2.45) is 0 Å². The first-order chi connectivity index (χ1) is 8.19. The van der Waals surface area contributed by atoms with Gasteiger partial charge in [0, 0.05) is 17.3 Å². The smallest absolute Gasteiger partial charge is 0.251 e. The number of nitrogens with one attached hydrogen (secondary N) is 1. The van der Waals surface area contributed by atoms with Crippen LogP contribution >= 0.6 is 0 Å². The molecule has 0 atom stereocenters. The summed E-state index contributed by atoms with van der Waals surface area (Å²) < 4.78 is 0. The molecule has 17 heavy (non-hydrogen) atoms. The summed E-state index contributed by atoms with van der Waals surface area (Å²) >= 11 is 0. The van der Waals surface area contributed by atoms with Crippen molar-refractivity contribution in [3.8, 4) is 11.4 Å². The fourth-order valence-electron chi connectivity index (χ4n) is 1.74. The normalized spacial score (nSPS) is 10.5. The Bertz CT molecular complexity index is 555. The van der Waals surface area contributed by atoms with E-state index in [4.69, 9.17) is 0 Å². The van der Waals surface area contributed by atoms with Crippen LogP contribution < -0.4 is 5.56 Å². The van der Waals surface area contributed by atoms with E-state index >= 15 is 0 Å². The highest BCUT2D eigenvalue weighted by atomic mass is 16.1. The van der Waals surface area contributed by atoms with Crippen LogP contribution in [0.1, 0.15) is 24.6 Å². The average molecular weight is 228 g/mol. The van der Waals surface area contributed by atoms with Crippen LogP contribution in [0.2, 0.25) is 0 Å². The van der Waals surface area contributed by atoms with Crippen molar-refractivity contribution >= 4 is 0 Å². The number of aryl methyl sites for hydroxylation is 2. The van der Waals surface area contributed by atoms with E-state index < -0.39 is 0 Å². The minimum atomic E-state index is -0.0842. The molecule has 0 unspecified atom stereocenters. The molecular formula is C14H16N2O. The largest absolute Gasteiger partial charge is 0.307 e. The zero-order valence-electron chi connectivity index (χ0n) is 10.2. The quantitative estimate of drug-likeness (QED) is 0.877. The van der Waals surface area contributed by atoms with Gasteiger partial charge in [-0.3, -0.25) is 4.79 Å². The summed E-state index contributed by atoms with van der Waals surface area (Å²) in [4.78, 5) is 18.8. The van der Waals surface area contributed by atoms with Crippen LogP contribution in [0.4, 0.5) is 0 Å². The predicted molar refractivity (Wildman–Crippen MR) is 69.0 cm³/mol. The molecule has 0 bridgehead atoms. The molecule has 1 heterocycles. The summed E-state index contributed by atoms with van der Waals surface area (Å²) in [6.07, 6.45) is 1.83. The van der Waals surface area contributed by atoms with Gasteiger partial charge in [0.2, 0.25) is 0 Å². The zero-order chi connectivity index (χ0) is 12.3. The number of nitrogens with zero attached hydrogens (tertiary/aromatic N) is 1. The predicted octanol–water partition coefficient (Wildman–Crippen LogP) is 2.70. The summed E-state index contributed by atoms with van der Waals surface area (Å²) in [7, 11) is 0. The second kappa shape index (κ2) is 4.95. The topological polar surface area (TPSA) is 45.8 Å². The SMILES string of the molecule is CCCc1cc(=O)[nH]c(-c2ccc(C)cc2)n1. The molecule has 0 spiro atoms. The number of aromatic nitrogens is 2. The fraction of sp³-hybridized carbons (Fsp3) is 0.286. The Morgan fingerprint density at radius 2 is 1.94 bits per heavy atom. The molecule has 0 saturated carbocycles. The Hall–Kier alpha value is -1.90. The maximum Gasteiger partial charge on any atom is 0.251 e.